The van der Waals surface area contributed by atoms with Gasteiger partial charge in [0.2, 0.25) is 0 Å². The molecule has 1 N–H and O–H groups in total. The van der Waals surface area contributed by atoms with Crippen LogP contribution in [-0.4, -0.2) is 42.9 Å². The zero-order valence-electron chi connectivity index (χ0n) is 6.80. The summed E-state index contributed by atoms with van der Waals surface area (Å²) in [6.07, 6.45) is 2.29. The summed E-state index contributed by atoms with van der Waals surface area (Å²) in [5.41, 5.74) is 0. The smallest absolute Gasteiger partial charge is 0.0906 e. The van der Waals surface area contributed by atoms with E-state index in [1.165, 1.54) is 0 Å². The van der Waals surface area contributed by atoms with Crippen molar-refractivity contribution in [3.8, 4) is 0 Å². The summed E-state index contributed by atoms with van der Waals surface area (Å²) >= 11 is 0. The van der Waals surface area contributed by atoms with Crippen LogP contribution in [0.2, 0.25) is 0 Å². The lowest BCUT2D eigenvalue weighted by Gasteiger charge is -2.17. The molecule has 0 atom stereocenters. The first-order valence-corrected chi connectivity index (χ1v) is 3.85. The SMILES string of the molecule is C=CCN(CCO)CCCF. The molecule has 0 fully saturated rings. The molecule has 0 unspecified atom stereocenters. The largest absolute Gasteiger partial charge is 0.395 e. The van der Waals surface area contributed by atoms with Crippen molar-refractivity contribution in [2.24, 2.45) is 0 Å². The molecule has 0 saturated carbocycles. The van der Waals surface area contributed by atoms with E-state index in [9.17, 15) is 4.39 Å². The maximum atomic E-state index is 11.7. The average Bonchev–Trinajstić information content (AvgIpc) is 2.01. The van der Waals surface area contributed by atoms with Crippen LogP contribution in [0.5, 0.6) is 0 Å². The Kier molecular flexibility index (Phi) is 7.41. The highest BCUT2D eigenvalue weighted by atomic mass is 19.1. The predicted octanol–water partition coefficient (Wildman–Crippen LogP) is 0.826. The predicted molar refractivity (Wildman–Crippen MR) is 44.3 cm³/mol. The molecular formula is C8H16FNO. The minimum absolute atomic E-state index is 0.125. The Labute approximate surface area is 67.3 Å². The summed E-state index contributed by atoms with van der Waals surface area (Å²) in [6, 6.07) is 0. The van der Waals surface area contributed by atoms with Crippen molar-refractivity contribution in [3.05, 3.63) is 12.7 Å². The zero-order valence-corrected chi connectivity index (χ0v) is 6.80. The molecule has 0 saturated heterocycles. The Balaban J connectivity index is 3.41. The Morgan fingerprint density at radius 3 is 2.64 bits per heavy atom. The molecular weight excluding hydrogens is 145 g/mol. The van der Waals surface area contributed by atoms with Crippen LogP contribution in [0.1, 0.15) is 6.42 Å². The molecule has 0 amide bonds. The second-order valence-corrected chi connectivity index (χ2v) is 2.36. The summed E-state index contributed by atoms with van der Waals surface area (Å²) in [6.45, 7) is 5.43. The minimum Gasteiger partial charge on any atom is -0.395 e. The molecule has 0 aliphatic carbocycles. The standard InChI is InChI=1S/C8H16FNO/c1-2-5-10(7-8-11)6-3-4-9/h2,11H,1,3-8H2. The molecule has 0 rings (SSSR count). The third-order valence-corrected chi connectivity index (χ3v) is 1.41. The molecule has 2 nitrogen and oxygen atoms in total. The van der Waals surface area contributed by atoms with Gasteiger partial charge in [0, 0.05) is 19.6 Å². The molecule has 0 bridgehead atoms. The van der Waals surface area contributed by atoms with Crippen LogP contribution in [0.15, 0.2) is 12.7 Å². The van der Waals surface area contributed by atoms with Gasteiger partial charge < -0.3 is 5.11 Å². The van der Waals surface area contributed by atoms with E-state index >= 15 is 0 Å². The van der Waals surface area contributed by atoms with Gasteiger partial charge in [-0.3, -0.25) is 9.29 Å². The fraction of sp³-hybridized carbons (Fsp3) is 0.750. The Hall–Kier alpha value is -0.410. The molecule has 0 aliphatic rings. The monoisotopic (exact) mass is 161 g/mol. The van der Waals surface area contributed by atoms with Gasteiger partial charge in [0.15, 0.2) is 0 Å². The van der Waals surface area contributed by atoms with Crippen LogP contribution in [0.3, 0.4) is 0 Å². The van der Waals surface area contributed by atoms with E-state index in [0.29, 0.717) is 19.5 Å². The number of alkyl halides is 1. The van der Waals surface area contributed by atoms with Crippen molar-refractivity contribution in [2.45, 2.75) is 6.42 Å². The summed E-state index contributed by atoms with van der Waals surface area (Å²) < 4.78 is 11.7. The Morgan fingerprint density at radius 2 is 2.18 bits per heavy atom. The van der Waals surface area contributed by atoms with Crippen LogP contribution in [0.25, 0.3) is 0 Å². The van der Waals surface area contributed by atoms with Crippen LogP contribution < -0.4 is 0 Å². The van der Waals surface area contributed by atoms with Crippen LogP contribution >= 0.6 is 0 Å². The summed E-state index contributed by atoms with van der Waals surface area (Å²) in [4.78, 5) is 1.96. The minimum atomic E-state index is -0.293. The third kappa shape index (κ3) is 6.01. The molecule has 3 heteroatoms. The molecule has 11 heavy (non-hydrogen) atoms. The normalized spacial score (nSPS) is 10.5. The van der Waals surface area contributed by atoms with E-state index in [1.54, 1.807) is 6.08 Å². The molecule has 0 aromatic heterocycles. The number of nitrogens with zero attached hydrogens (tertiary/aromatic N) is 1. The van der Waals surface area contributed by atoms with E-state index in [0.717, 1.165) is 6.54 Å². The van der Waals surface area contributed by atoms with Gasteiger partial charge in [-0.25, -0.2) is 0 Å². The van der Waals surface area contributed by atoms with Gasteiger partial charge >= 0.3 is 0 Å². The fourth-order valence-corrected chi connectivity index (χ4v) is 0.902. The van der Waals surface area contributed by atoms with Gasteiger partial charge in [0.1, 0.15) is 0 Å². The van der Waals surface area contributed by atoms with Crippen molar-refractivity contribution in [1.29, 1.82) is 0 Å². The number of aliphatic hydroxyl groups is 1. The van der Waals surface area contributed by atoms with E-state index < -0.39 is 0 Å². The lowest BCUT2D eigenvalue weighted by atomic mass is 10.4. The highest BCUT2D eigenvalue weighted by Crippen LogP contribution is 1.91. The van der Waals surface area contributed by atoms with Crippen LogP contribution in [-0.2, 0) is 0 Å². The first kappa shape index (κ1) is 10.6. The van der Waals surface area contributed by atoms with Crippen molar-refractivity contribution in [3.63, 3.8) is 0 Å². The molecule has 0 aromatic rings. The fourth-order valence-electron chi connectivity index (χ4n) is 0.902. The second-order valence-electron chi connectivity index (χ2n) is 2.36. The van der Waals surface area contributed by atoms with Crippen molar-refractivity contribution in [2.75, 3.05) is 32.9 Å². The van der Waals surface area contributed by atoms with E-state index in [4.69, 9.17) is 5.11 Å². The van der Waals surface area contributed by atoms with E-state index in [2.05, 4.69) is 6.58 Å². The van der Waals surface area contributed by atoms with Gasteiger partial charge in [0.25, 0.3) is 0 Å². The van der Waals surface area contributed by atoms with Gasteiger partial charge in [0.05, 0.1) is 13.3 Å². The van der Waals surface area contributed by atoms with Crippen LogP contribution in [0.4, 0.5) is 4.39 Å². The summed E-state index contributed by atoms with van der Waals surface area (Å²) in [5.74, 6) is 0. The molecule has 66 valence electrons. The van der Waals surface area contributed by atoms with Gasteiger partial charge in [-0.2, -0.15) is 0 Å². The first-order chi connectivity index (χ1) is 5.35. The van der Waals surface area contributed by atoms with E-state index in [1.807, 2.05) is 4.90 Å². The molecule has 0 heterocycles. The van der Waals surface area contributed by atoms with Gasteiger partial charge in [-0.05, 0) is 6.42 Å². The number of halogens is 1. The zero-order chi connectivity index (χ0) is 8.53. The third-order valence-electron chi connectivity index (χ3n) is 1.41. The maximum absolute atomic E-state index is 11.7. The number of hydrogen-bond donors (Lipinski definition) is 1. The molecule has 0 spiro atoms. The van der Waals surface area contributed by atoms with Crippen molar-refractivity contribution < 1.29 is 9.50 Å². The Bertz CT molecular complexity index is 98.1. The molecule has 0 aromatic carbocycles. The average molecular weight is 161 g/mol. The van der Waals surface area contributed by atoms with Gasteiger partial charge in [-0.15, -0.1) is 6.58 Å². The maximum Gasteiger partial charge on any atom is 0.0906 e. The molecule has 0 aliphatic heterocycles. The molecule has 0 radical (unpaired) electrons. The van der Waals surface area contributed by atoms with Crippen molar-refractivity contribution in [1.82, 2.24) is 4.90 Å². The highest BCUT2D eigenvalue weighted by molar-refractivity contribution is 4.72. The quantitative estimate of drug-likeness (QED) is 0.559. The topological polar surface area (TPSA) is 23.5 Å². The highest BCUT2D eigenvalue weighted by Gasteiger charge is 1.99. The lowest BCUT2D eigenvalue weighted by molar-refractivity contribution is 0.203. The first-order valence-electron chi connectivity index (χ1n) is 3.85. The summed E-state index contributed by atoms with van der Waals surface area (Å²) in [7, 11) is 0. The number of hydrogen-bond acceptors (Lipinski definition) is 2. The lowest BCUT2D eigenvalue weighted by Crippen LogP contribution is -2.28. The Morgan fingerprint density at radius 1 is 1.45 bits per heavy atom. The summed E-state index contributed by atoms with van der Waals surface area (Å²) in [5, 5.41) is 8.59. The second kappa shape index (κ2) is 7.69. The van der Waals surface area contributed by atoms with E-state index in [-0.39, 0.29) is 13.3 Å². The van der Waals surface area contributed by atoms with Crippen molar-refractivity contribution >= 4 is 0 Å². The van der Waals surface area contributed by atoms with Gasteiger partial charge in [-0.1, -0.05) is 6.08 Å². The number of aliphatic hydroxyl groups excluding tert-OH is 1. The van der Waals surface area contributed by atoms with Crippen LogP contribution in [0, 0.1) is 0 Å². The number of rotatable bonds is 7.